The van der Waals surface area contributed by atoms with Crippen LogP contribution < -0.4 is 5.32 Å². The quantitative estimate of drug-likeness (QED) is 0.925. The van der Waals surface area contributed by atoms with E-state index in [-0.39, 0.29) is 5.82 Å². The molecule has 0 aliphatic heterocycles. The van der Waals surface area contributed by atoms with Crippen molar-refractivity contribution in [1.82, 2.24) is 4.98 Å². The standard InChI is InChI=1S/C14H14BrFN2/c1-10-6-13(16)3-2-11(10)4-5-18-14-7-12(15)8-17-9-14/h2-3,6-9,18H,4-5H2,1H3. The first-order valence-electron chi connectivity index (χ1n) is 5.74. The minimum atomic E-state index is -0.180. The zero-order valence-electron chi connectivity index (χ0n) is 10.1. The Balaban J connectivity index is 1.92. The molecule has 94 valence electrons. The van der Waals surface area contributed by atoms with Gasteiger partial charge in [-0.3, -0.25) is 4.98 Å². The second-order valence-electron chi connectivity index (χ2n) is 4.14. The number of halogens is 2. The second kappa shape index (κ2) is 5.96. The number of nitrogens with one attached hydrogen (secondary N) is 1. The molecule has 0 spiro atoms. The number of hydrogen-bond donors (Lipinski definition) is 1. The lowest BCUT2D eigenvalue weighted by atomic mass is 10.1. The van der Waals surface area contributed by atoms with Crippen LogP contribution in [-0.4, -0.2) is 11.5 Å². The van der Waals surface area contributed by atoms with Gasteiger partial charge in [0.1, 0.15) is 5.82 Å². The van der Waals surface area contributed by atoms with Crippen molar-refractivity contribution in [2.45, 2.75) is 13.3 Å². The summed E-state index contributed by atoms with van der Waals surface area (Å²) in [5.41, 5.74) is 3.13. The molecule has 2 aromatic rings. The van der Waals surface area contributed by atoms with Gasteiger partial charge in [-0.25, -0.2) is 4.39 Å². The van der Waals surface area contributed by atoms with E-state index in [1.807, 2.05) is 19.1 Å². The summed E-state index contributed by atoms with van der Waals surface area (Å²) < 4.78 is 13.9. The van der Waals surface area contributed by atoms with Crippen LogP contribution >= 0.6 is 15.9 Å². The normalized spacial score (nSPS) is 10.4. The van der Waals surface area contributed by atoms with E-state index in [0.29, 0.717) is 0 Å². The van der Waals surface area contributed by atoms with Crippen LogP contribution in [0.25, 0.3) is 0 Å². The molecule has 0 fully saturated rings. The van der Waals surface area contributed by atoms with Crippen LogP contribution in [0.5, 0.6) is 0 Å². The van der Waals surface area contributed by atoms with E-state index >= 15 is 0 Å². The molecular weight excluding hydrogens is 295 g/mol. The summed E-state index contributed by atoms with van der Waals surface area (Å²) in [6.07, 6.45) is 4.39. The van der Waals surface area contributed by atoms with Crippen LogP contribution in [0, 0.1) is 12.7 Å². The van der Waals surface area contributed by atoms with Gasteiger partial charge < -0.3 is 5.32 Å². The van der Waals surface area contributed by atoms with Gasteiger partial charge in [-0.2, -0.15) is 0 Å². The Labute approximate surface area is 114 Å². The molecule has 2 rings (SSSR count). The summed E-state index contributed by atoms with van der Waals surface area (Å²) in [6.45, 7) is 2.73. The molecule has 0 atom stereocenters. The number of aryl methyl sites for hydroxylation is 1. The zero-order valence-corrected chi connectivity index (χ0v) is 11.7. The van der Waals surface area contributed by atoms with Crippen molar-refractivity contribution in [3.05, 3.63) is 58.1 Å². The maximum absolute atomic E-state index is 12.9. The van der Waals surface area contributed by atoms with Gasteiger partial charge in [-0.1, -0.05) is 6.07 Å². The summed E-state index contributed by atoms with van der Waals surface area (Å²) >= 11 is 3.37. The van der Waals surface area contributed by atoms with Gasteiger partial charge in [0.2, 0.25) is 0 Å². The first-order valence-corrected chi connectivity index (χ1v) is 6.54. The Kier molecular flexibility index (Phi) is 4.31. The molecule has 0 aliphatic carbocycles. The summed E-state index contributed by atoms with van der Waals surface area (Å²) in [6, 6.07) is 6.88. The first kappa shape index (κ1) is 13.0. The molecule has 0 saturated heterocycles. The maximum atomic E-state index is 12.9. The molecule has 0 amide bonds. The summed E-state index contributed by atoms with van der Waals surface area (Å²) in [5, 5.41) is 3.29. The number of hydrogen-bond acceptors (Lipinski definition) is 2. The topological polar surface area (TPSA) is 24.9 Å². The van der Waals surface area contributed by atoms with Crippen LogP contribution in [0.1, 0.15) is 11.1 Å². The van der Waals surface area contributed by atoms with Gasteiger partial charge in [0, 0.05) is 17.2 Å². The zero-order chi connectivity index (χ0) is 13.0. The Morgan fingerprint density at radius 2 is 2.11 bits per heavy atom. The summed E-state index contributed by atoms with van der Waals surface area (Å²) in [5.74, 6) is -0.180. The SMILES string of the molecule is Cc1cc(F)ccc1CCNc1cncc(Br)c1. The van der Waals surface area contributed by atoms with E-state index in [9.17, 15) is 4.39 Å². The average molecular weight is 309 g/mol. The fourth-order valence-corrected chi connectivity index (χ4v) is 2.15. The molecule has 2 nitrogen and oxygen atoms in total. The van der Waals surface area contributed by atoms with E-state index in [2.05, 4.69) is 26.2 Å². The molecule has 4 heteroatoms. The van der Waals surface area contributed by atoms with E-state index in [1.54, 1.807) is 18.5 Å². The predicted molar refractivity (Wildman–Crippen MR) is 75.3 cm³/mol. The van der Waals surface area contributed by atoms with Gasteiger partial charge in [0.05, 0.1) is 11.9 Å². The second-order valence-corrected chi connectivity index (χ2v) is 5.06. The molecule has 1 heterocycles. The first-order chi connectivity index (χ1) is 8.65. The molecular formula is C14H14BrFN2. The fraction of sp³-hybridized carbons (Fsp3) is 0.214. The Bertz CT molecular complexity index is 543. The Morgan fingerprint density at radius 3 is 2.83 bits per heavy atom. The molecule has 0 saturated carbocycles. The van der Waals surface area contributed by atoms with Crippen molar-refractivity contribution in [3.8, 4) is 0 Å². The number of benzene rings is 1. The lowest BCUT2D eigenvalue weighted by Crippen LogP contribution is -2.06. The van der Waals surface area contributed by atoms with E-state index in [4.69, 9.17) is 0 Å². The van der Waals surface area contributed by atoms with Crippen LogP contribution in [0.3, 0.4) is 0 Å². The number of rotatable bonds is 4. The Hall–Kier alpha value is -1.42. The third kappa shape index (κ3) is 3.53. The van der Waals surface area contributed by atoms with Crippen molar-refractivity contribution in [2.75, 3.05) is 11.9 Å². The number of anilines is 1. The molecule has 1 N–H and O–H groups in total. The van der Waals surface area contributed by atoms with Crippen LogP contribution in [0.4, 0.5) is 10.1 Å². The Morgan fingerprint density at radius 1 is 1.28 bits per heavy atom. The lowest BCUT2D eigenvalue weighted by molar-refractivity contribution is 0.625. The molecule has 18 heavy (non-hydrogen) atoms. The van der Waals surface area contributed by atoms with Crippen LogP contribution in [0.15, 0.2) is 41.1 Å². The summed E-state index contributed by atoms with van der Waals surface area (Å²) in [7, 11) is 0. The fourth-order valence-electron chi connectivity index (χ4n) is 1.79. The molecule has 0 radical (unpaired) electrons. The largest absolute Gasteiger partial charge is 0.383 e. The van der Waals surface area contributed by atoms with Crippen molar-refractivity contribution in [1.29, 1.82) is 0 Å². The van der Waals surface area contributed by atoms with Gasteiger partial charge in [-0.15, -0.1) is 0 Å². The van der Waals surface area contributed by atoms with Crippen LogP contribution in [-0.2, 0) is 6.42 Å². The highest BCUT2D eigenvalue weighted by Gasteiger charge is 2.00. The third-order valence-corrected chi connectivity index (χ3v) is 3.17. The average Bonchev–Trinajstić information content (AvgIpc) is 2.32. The van der Waals surface area contributed by atoms with E-state index < -0.39 is 0 Å². The molecule has 0 unspecified atom stereocenters. The summed E-state index contributed by atoms with van der Waals surface area (Å²) in [4.78, 5) is 4.08. The highest BCUT2D eigenvalue weighted by Crippen LogP contribution is 2.14. The highest BCUT2D eigenvalue weighted by molar-refractivity contribution is 9.10. The molecule has 1 aromatic carbocycles. The van der Waals surface area contributed by atoms with E-state index in [1.165, 1.54) is 6.07 Å². The molecule has 0 bridgehead atoms. The minimum absolute atomic E-state index is 0.180. The smallest absolute Gasteiger partial charge is 0.123 e. The number of pyridine rings is 1. The third-order valence-electron chi connectivity index (χ3n) is 2.73. The molecule has 1 aromatic heterocycles. The van der Waals surface area contributed by atoms with Crippen molar-refractivity contribution >= 4 is 21.6 Å². The van der Waals surface area contributed by atoms with Crippen molar-refractivity contribution in [2.24, 2.45) is 0 Å². The highest BCUT2D eigenvalue weighted by atomic mass is 79.9. The van der Waals surface area contributed by atoms with Gasteiger partial charge in [0.25, 0.3) is 0 Å². The lowest BCUT2D eigenvalue weighted by Gasteiger charge is -2.08. The number of nitrogens with zero attached hydrogens (tertiary/aromatic N) is 1. The predicted octanol–water partition coefficient (Wildman–Crippen LogP) is 3.95. The van der Waals surface area contributed by atoms with Gasteiger partial charge in [-0.05, 0) is 58.6 Å². The van der Waals surface area contributed by atoms with Gasteiger partial charge >= 0.3 is 0 Å². The maximum Gasteiger partial charge on any atom is 0.123 e. The monoisotopic (exact) mass is 308 g/mol. The van der Waals surface area contributed by atoms with Crippen molar-refractivity contribution in [3.63, 3.8) is 0 Å². The molecule has 0 aliphatic rings. The van der Waals surface area contributed by atoms with Gasteiger partial charge in [0.15, 0.2) is 0 Å². The van der Waals surface area contributed by atoms with Crippen LogP contribution in [0.2, 0.25) is 0 Å². The van der Waals surface area contributed by atoms with Crippen molar-refractivity contribution < 1.29 is 4.39 Å². The number of aromatic nitrogens is 1. The van der Waals surface area contributed by atoms with E-state index in [0.717, 1.165) is 34.3 Å². The minimum Gasteiger partial charge on any atom is -0.383 e.